The summed E-state index contributed by atoms with van der Waals surface area (Å²) in [7, 11) is 0. The van der Waals surface area contributed by atoms with E-state index in [-0.39, 0.29) is 0 Å². The van der Waals surface area contributed by atoms with Gasteiger partial charge in [-0.25, -0.2) is 4.98 Å². The summed E-state index contributed by atoms with van der Waals surface area (Å²) >= 11 is 12.3. The van der Waals surface area contributed by atoms with Crippen molar-refractivity contribution in [3.05, 3.63) is 51.6 Å². The third-order valence-electron chi connectivity index (χ3n) is 2.91. The smallest absolute Gasteiger partial charge is 0.219 e. The number of pyridine rings is 1. The van der Waals surface area contributed by atoms with Crippen LogP contribution < -0.4 is 10.1 Å². The van der Waals surface area contributed by atoms with Crippen LogP contribution in [0.15, 0.2) is 30.3 Å². The normalized spacial score (nSPS) is 10.7. The highest BCUT2D eigenvalue weighted by molar-refractivity contribution is 6.32. The molecule has 0 atom stereocenters. The van der Waals surface area contributed by atoms with Gasteiger partial charge in [-0.15, -0.1) is 0 Å². The maximum absolute atomic E-state index is 6.15. The minimum absolute atomic E-state index is 0.486. The molecule has 0 fully saturated rings. The summed E-state index contributed by atoms with van der Waals surface area (Å²) in [6.07, 6.45) is 1.06. The molecule has 0 unspecified atom stereocenters. The Balaban J connectivity index is 2.16. The number of nitrogens with one attached hydrogen (secondary N) is 1. The summed E-state index contributed by atoms with van der Waals surface area (Å²) in [4.78, 5) is 4.43. The SMILES string of the molecule is CCCNCc1nc(Oc2cc(C)ccc2Cl)ccc1Cl. The first kappa shape index (κ1) is 16.1. The summed E-state index contributed by atoms with van der Waals surface area (Å²) in [5.41, 5.74) is 1.85. The van der Waals surface area contributed by atoms with Crippen LogP contribution in [-0.4, -0.2) is 11.5 Å². The molecule has 5 heteroatoms. The molecule has 0 saturated carbocycles. The van der Waals surface area contributed by atoms with E-state index in [1.165, 1.54) is 0 Å². The summed E-state index contributed by atoms with van der Waals surface area (Å²) in [5.74, 6) is 1.08. The number of hydrogen-bond donors (Lipinski definition) is 1. The molecule has 0 aliphatic carbocycles. The molecule has 1 N–H and O–H groups in total. The van der Waals surface area contributed by atoms with E-state index in [9.17, 15) is 0 Å². The fourth-order valence-corrected chi connectivity index (χ4v) is 2.16. The average molecular weight is 325 g/mol. The molecule has 0 aliphatic rings. The number of hydrogen-bond acceptors (Lipinski definition) is 3. The molecule has 1 heterocycles. The predicted octanol–water partition coefficient (Wildman–Crippen LogP) is 4.99. The second-order valence-corrected chi connectivity index (χ2v) is 5.61. The number of aryl methyl sites for hydroxylation is 1. The van der Waals surface area contributed by atoms with Crippen molar-refractivity contribution in [3.8, 4) is 11.6 Å². The van der Waals surface area contributed by atoms with Gasteiger partial charge in [0.05, 0.1) is 15.7 Å². The van der Waals surface area contributed by atoms with Crippen molar-refractivity contribution in [1.29, 1.82) is 0 Å². The Labute approximate surface area is 135 Å². The molecular formula is C16H18Cl2N2O. The Hall–Kier alpha value is -1.29. The Kier molecular flexibility index (Phi) is 5.85. The van der Waals surface area contributed by atoms with E-state index in [0.29, 0.717) is 28.2 Å². The minimum Gasteiger partial charge on any atom is -0.437 e. The topological polar surface area (TPSA) is 34.2 Å². The second-order valence-electron chi connectivity index (χ2n) is 4.79. The molecule has 3 nitrogen and oxygen atoms in total. The van der Waals surface area contributed by atoms with Crippen LogP contribution in [-0.2, 0) is 6.54 Å². The van der Waals surface area contributed by atoms with Crippen molar-refractivity contribution >= 4 is 23.2 Å². The van der Waals surface area contributed by atoms with E-state index >= 15 is 0 Å². The Morgan fingerprint density at radius 2 is 1.90 bits per heavy atom. The molecule has 2 rings (SSSR count). The number of rotatable bonds is 6. The Morgan fingerprint density at radius 1 is 1.14 bits per heavy atom. The van der Waals surface area contributed by atoms with Crippen molar-refractivity contribution in [2.75, 3.05) is 6.54 Å². The van der Waals surface area contributed by atoms with Gasteiger partial charge >= 0.3 is 0 Å². The zero-order chi connectivity index (χ0) is 15.2. The van der Waals surface area contributed by atoms with Crippen LogP contribution in [0, 0.1) is 6.92 Å². The van der Waals surface area contributed by atoms with Gasteiger partial charge in [0, 0.05) is 12.6 Å². The first-order valence-electron chi connectivity index (χ1n) is 6.90. The lowest BCUT2D eigenvalue weighted by molar-refractivity contribution is 0.459. The highest BCUT2D eigenvalue weighted by Crippen LogP contribution is 2.30. The van der Waals surface area contributed by atoms with Gasteiger partial charge in [-0.3, -0.25) is 0 Å². The van der Waals surface area contributed by atoms with Crippen molar-refractivity contribution in [2.45, 2.75) is 26.8 Å². The highest BCUT2D eigenvalue weighted by atomic mass is 35.5. The van der Waals surface area contributed by atoms with Gasteiger partial charge in [0.1, 0.15) is 5.75 Å². The van der Waals surface area contributed by atoms with E-state index in [2.05, 4.69) is 17.2 Å². The number of nitrogens with zero attached hydrogens (tertiary/aromatic N) is 1. The number of benzene rings is 1. The summed E-state index contributed by atoms with van der Waals surface area (Å²) in [6, 6.07) is 9.16. The van der Waals surface area contributed by atoms with E-state index < -0.39 is 0 Å². The summed E-state index contributed by atoms with van der Waals surface area (Å²) < 4.78 is 5.76. The third-order valence-corrected chi connectivity index (χ3v) is 3.57. The largest absolute Gasteiger partial charge is 0.437 e. The molecule has 0 saturated heterocycles. The molecule has 112 valence electrons. The van der Waals surface area contributed by atoms with E-state index in [4.69, 9.17) is 27.9 Å². The quantitative estimate of drug-likeness (QED) is 0.760. The van der Waals surface area contributed by atoms with Crippen LogP contribution in [0.5, 0.6) is 11.6 Å². The molecule has 0 aliphatic heterocycles. The van der Waals surface area contributed by atoms with Gasteiger partial charge in [0.25, 0.3) is 0 Å². The maximum atomic E-state index is 6.15. The maximum Gasteiger partial charge on any atom is 0.219 e. The molecule has 1 aromatic heterocycles. The van der Waals surface area contributed by atoms with Gasteiger partial charge in [-0.2, -0.15) is 0 Å². The summed E-state index contributed by atoms with van der Waals surface area (Å²) in [6.45, 7) is 5.64. The van der Waals surface area contributed by atoms with E-state index in [0.717, 1.165) is 24.2 Å². The molecule has 2 aromatic rings. The third kappa shape index (κ3) is 4.60. The fraction of sp³-hybridized carbons (Fsp3) is 0.312. The van der Waals surface area contributed by atoms with Crippen molar-refractivity contribution in [2.24, 2.45) is 0 Å². The molecular weight excluding hydrogens is 307 g/mol. The van der Waals surface area contributed by atoms with Crippen LogP contribution >= 0.6 is 23.2 Å². The van der Waals surface area contributed by atoms with Gasteiger partial charge in [-0.05, 0) is 43.7 Å². The lowest BCUT2D eigenvalue weighted by atomic mass is 10.2. The molecule has 0 radical (unpaired) electrons. The van der Waals surface area contributed by atoms with Crippen molar-refractivity contribution in [1.82, 2.24) is 10.3 Å². The van der Waals surface area contributed by atoms with Gasteiger partial charge < -0.3 is 10.1 Å². The van der Waals surface area contributed by atoms with Crippen molar-refractivity contribution < 1.29 is 4.74 Å². The standard InChI is InChI=1S/C16H18Cl2N2O/c1-3-8-19-10-14-12(17)6-7-16(20-14)21-15-9-11(2)4-5-13(15)18/h4-7,9,19H,3,8,10H2,1-2H3. The summed E-state index contributed by atoms with van der Waals surface area (Å²) in [5, 5.41) is 4.46. The predicted molar refractivity (Wildman–Crippen MR) is 87.5 cm³/mol. The van der Waals surface area contributed by atoms with Crippen LogP contribution in [0.1, 0.15) is 24.6 Å². The number of halogens is 2. The molecule has 21 heavy (non-hydrogen) atoms. The first-order chi connectivity index (χ1) is 10.1. The van der Waals surface area contributed by atoms with Crippen LogP contribution in [0.25, 0.3) is 0 Å². The van der Waals surface area contributed by atoms with E-state index in [1.807, 2.05) is 25.1 Å². The van der Waals surface area contributed by atoms with Crippen LogP contribution in [0.3, 0.4) is 0 Å². The number of aromatic nitrogens is 1. The van der Waals surface area contributed by atoms with Gasteiger partial charge in [0.2, 0.25) is 5.88 Å². The molecule has 1 aromatic carbocycles. The second kappa shape index (κ2) is 7.64. The number of ether oxygens (including phenoxy) is 1. The minimum atomic E-state index is 0.486. The fourth-order valence-electron chi connectivity index (χ4n) is 1.83. The monoisotopic (exact) mass is 324 g/mol. The molecule has 0 bridgehead atoms. The lowest BCUT2D eigenvalue weighted by Gasteiger charge is -2.10. The Morgan fingerprint density at radius 3 is 2.67 bits per heavy atom. The average Bonchev–Trinajstić information content (AvgIpc) is 2.46. The first-order valence-corrected chi connectivity index (χ1v) is 7.66. The molecule has 0 amide bonds. The van der Waals surface area contributed by atoms with E-state index in [1.54, 1.807) is 12.1 Å². The lowest BCUT2D eigenvalue weighted by Crippen LogP contribution is -2.15. The van der Waals surface area contributed by atoms with Gasteiger partial charge in [-0.1, -0.05) is 36.2 Å². The van der Waals surface area contributed by atoms with Crippen LogP contribution in [0.2, 0.25) is 10.0 Å². The highest BCUT2D eigenvalue weighted by Gasteiger charge is 2.08. The molecule has 0 spiro atoms. The zero-order valence-electron chi connectivity index (χ0n) is 12.1. The van der Waals surface area contributed by atoms with Crippen LogP contribution in [0.4, 0.5) is 0 Å². The van der Waals surface area contributed by atoms with Crippen molar-refractivity contribution in [3.63, 3.8) is 0 Å². The Bertz CT molecular complexity index is 617. The zero-order valence-corrected chi connectivity index (χ0v) is 13.6. The van der Waals surface area contributed by atoms with Gasteiger partial charge in [0.15, 0.2) is 0 Å².